The van der Waals surface area contributed by atoms with Crippen molar-refractivity contribution in [1.29, 1.82) is 0 Å². The summed E-state index contributed by atoms with van der Waals surface area (Å²) < 4.78 is 8.45. The summed E-state index contributed by atoms with van der Waals surface area (Å²) >= 11 is 9.40. The van der Waals surface area contributed by atoms with Crippen LogP contribution in [-0.2, 0) is 6.42 Å². The lowest BCUT2D eigenvalue weighted by Gasteiger charge is -2.11. The van der Waals surface area contributed by atoms with Crippen molar-refractivity contribution in [2.45, 2.75) is 6.42 Å². The summed E-state index contributed by atoms with van der Waals surface area (Å²) in [4.78, 5) is 4.68. The molecule has 21 heavy (non-hydrogen) atoms. The molecule has 0 aliphatic carbocycles. The van der Waals surface area contributed by atoms with Crippen molar-refractivity contribution < 1.29 is 4.74 Å². The van der Waals surface area contributed by atoms with E-state index < -0.39 is 0 Å². The normalized spacial score (nSPS) is 11.0. The first kappa shape index (κ1) is 14.4. The standard InChI is InChI=1S/C16H14BrClN2O/c1-21-15-10-11(6-7-12(15)17)20-14-5-3-2-4-13(14)19-16(20)8-9-18/h2-7,10H,8-9H2,1H3. The molecule has 1 heterocycles. The molecular formula is C16H14BrClN2O. The highest BCUT2D eigenvalue weighted by atomic mass is 79.9. The lowest BCUT2D eigenvalue weighted by atomic mass is 10.2. The van der Waals surface area contributed by atoms with Gasteiger partial charge in [0, 0.05) is 18.4 Å². The minimum absolute atomic E-state index is 0.539. The Kier molecular flexibility index (Phi) is 4.17. The molecule has 1 aromatic heterocycles. The van der Waals surface area contributed by atoms with Gasteiger partial charge in [-0.05, 0) is 40.2 Å². The van der Waals surface area contributed by atoms with E-state index in [0.717, 1.165) is 32.8 Å². The predicted molar refractivity (Wildman–Crippen MR) is 89.7 cm³/mol. The van der Waals surface area contributed by atoms with Gasteiger partial charge in [-0.3, -0.25) is 4.57 Å². The first-order valence-electron chi connectivity index (χ1n) is 6.61. The van der Waals surface area contributed by atoms with Gasteiger partial charge in [-0.25, -0.2) is 4.98 Å². The van der Waals surface area contributed by atoms with Crippen LogP contribution in [0.3, 0.4) is 0 Å². The topological polar surface area (TPSA) is 27.1 Å². The highest BCUT2D eigenvalue weighted by Crippen LogP contribution is 2.30. The van der Waals surface area contributed by atoms with Crippen molar-refractivity contribution in [1.82, 2.24) is 9.55 Å². The number of para-hydroxylation sites is 2. The number of alkyl halides is 1. The number of hydrogen-bond acceptors (Lipinski definition) is 2. The SMILES string of the molecule is COc1cc(-n2c(CCCl)nc3ccccc32)ccc1Br. The van der Waals surface area contributed by atoms with Gasteiger partial charge in [0.15, 0.2) is 0 Å². The van der Waals surface area contributed by atoms with Gasteiger partial charge < -0.3 is 4.74 Å². The molecule has 0 saturated heterocycles. The third-order valence-corrected chi connectivity index (χ3v) is 4.19. The van der Waals surface area contributed by atoms with Crippen LogP contribution in [0.2, 0.25) is 0 Å². The van der Waals surface area contributed by atoms with E-state index in [0.29, 0.717) is 12.3 Å². The molecule has 0 N–H and O–H groups in total. The number of aryl methyl sites for hydroxylation is 1. The fourth-order valence-electron chi connectivity index (χ4n) is 2.40. The summed E-state index contributed by atoms with van der Waals surface area (Å²) in [5.41, 5.74) is 3.06. The van der Waals surface area contributed by atoms with Crippen LogP contribution in [0.4, 0.5) is 0 Å². The van der Waals surface area contributed by atoms with Gasteiger partial charge in [-0.2, -0.15) is 0 Å². The monoisotopic (exact) mass is 364 g/mol. The number of nitrogens with zero attached hydrogens (tertiary/aromatic N) is 2. The zero-order chi connectivity index (χ0) is 14.8. The van der Waals surface area contributed by atoms with E-state index >= 15 is 0 Å². The van der Waals surface area contributed by atoms with Crippen molar-refractivity contribution in [3.05, 3.63) is 52.8 Å². The molecular weight excluding hydrogens is 352 g/mol. The second-order valence-electron chi connectivity index (χ2n) is 4.61. The maximum absolute atomic E-state index is 5.92. The predicted octanol–water partition coefficient (Wildman–Crippen LogP) is 4.58. The quantitative estimate of drug-likeness (QED) is 0.633. The third-order valence-electron chi connectivity index (χ3n) is 3.34. The molecule has 0 amide bonds. The van der Waals surface area contributed by atoms with Crippen LogP contribution >= 0.6 is 27.5 Å². The molecule has 108 valence electrons. The number of rotatable bonds is 4. The summed E-state index contributed by atoms with van der Waals surface area (Å²) in [6.07, 6.45) is 0.717. The Morgan fingerprint density at radius 2 is 2.05 bits per heavy atom. The van der Waals surface area contributed by atoms with Crippen molar-refractivity contribution in [3.63, 3.8) is 0 Å². The van der Waals surface area contributed by atoms with E-state index in [1.165, 1.54) is 0 Å². The van der Waals surface area contributed by atoms with Gasteiger partial charge in [0.05, 0.1) is 28.3 Å². The Hall–Kier alpha value is -1.52. The molecule has 3 nitrogen and oxygen atoms in total. The van der Waals surface area contributed by atoms with Crippen LogP contribution < -0.4 is 4.74 Å². The highest BCUT2D eigenvalue weighted by molar-refractivity contribution is 9.10. The number of fused-ring (bicyclic) bond motifs is 1. The minimum atomic E-state index is 0.539. The molecule has 3 rings (SSSR count). The Bertz CT molecular complexity index is 785. The fraction of sp³-hybridized carbons (Fsp3) is 0.188. The first-order chi connectivity index (χ1) is 10.2. The number of aromatic nitrogens is 2. The lowest BCUT2D eigenvalue weighted by molar-refractivity contribution is 0.412. The van der Waals surface area contributed by atoms with Gasteiger partial charge in [-0.15, -0.1) is 11.6 Å². The summed E-state index contributed by atoms with van der Waals surface area (Å²) in [7, 11) is 1.66. The molecule has 2 aromatic carbocycles. The van der Waals surface area contributed by atoms with E-state index in [-0.39, 0.29) is 0 Å². The second kappa shape index (κ2) is 6.08. The summed E-state index contributed by atoms with van der Waals surface area (Å²) in [5, 5.41) is 0. The number of imidazole rings is 1. The summed E-state index contributed by atoms with van der Waals surface area (Å²) in [6.45, 7) is 0. The van der Waals surface area contributed by atoms with Crippen molar-refractivity contribution >= 4 is 38.6 Å². The Morgan fingerprint density at radius 3 is 2.81 bits per heavy atom. The molecule has 0 bridgehead atoms. The first-order valence-corrected chi connectivity index (χ1v) is 7.93. The fourth-order valence-corrected chi connectivity index (χ4v) is 2.98. The second-order valence-corrected chi connectivity index (χ2v) is 5.84. The summed E-state index contributed by atoms with van der Waals surface area (Å²) in [5.74, 6) is 2.29. The van der Waals surface area contributed by atoms with Crippen LogP contribution in [-0.4, -0.2) is 22.5 Å². The number of ether oxygens (including phenoxy) is 1. The van der Waals surface area contributed by atoms with Gasteiger partial charge >= 0.3 is 0 Å². The van der Waals surface area contributed by atoms with Gasteiger partial charge in [-0.1, -0.05) is 12.1 Å². The van der Waals surface area contributed by atoms with Gasteiger partial charge in [0.25, 0.3) is 0 Å². The van der Waals surface area contributed by atoms with E-state index in [9.17, 15) is 0 Å². The third kappa shape index (κ3) is 2.65. The van der Waals surface area contributed by atoms with Gasteiger partial charge in [0.1, 0.15) is 11.6 Å². The zero-order valence-electron chi connectivity index (χ0n) is 11.5. The average Bonchev–Trinajstić information content (AvgIpc) is 2.86. The molecule has 0 aliphatic heterocycles. The van der Waals surface area contributed by atoms with Crippen LogP contribution in [0, 0.1) is 0 Å². The van der Waals surface area contributed by atoms with Crippen molar-refractivity contribution in [3.8, 4) is 11.4 Å². The molecule has 0 unspecified atom stereocenters. The zero-order valence-corrected chi connectivity index (χ0v) is 13.9. The van der Waals surface area contributed by atoms with Crippen LogP contribution in [0.15, 0.2) is 46.9 Å². The highest BCUT2D eigenvalue weighted by Gasteiger charge is 2.13. The Labute approximate surface area is 136 Å². The molecule has 0 fully saturated rings. The minimum Gasteiger partial charge on any atom is -0.495 e. The molecule has 0 radical (unpaired) electrons. The number of halogens is 2. The van der Waals surface area contributed by atoms with Crippen LogP contribution in [0.25, 0.3) is 16.7 Å². The Balaban J connectivity index is 2.24. The number of methoxy groups -OCH3 is 1. The molecule has 0 atom stereocenters. The Morgan fingerprint density at radius 1 is 1.24 bits per heavy atom. The van der Waals surface area contributed by atoms with Crippen LogP contribution in [0.1, 0.15) is 5.82 Å². The number of benzene rings is 2. The lowest BCUT2D eigenvalue weighted by Crippen LogP contribution is -2.02. The van der Waals surface area contributed by atoms with E-state index in [4.69, 9.17) is 16.3 Å². The molecule has 3 aromatic rings. The van der Waals surface area contributed by atoms with E-state index in [1.54, 1.807) is 7.11 Å². The maximum atomic E-state index is 5.92. The van der Waals surface area contributed by atoms with Crippen LogP contribution in [0.5, 0.6) is 5.75 Å². The summed E-state index contributed by atoms with van der Waals surface area (Å²) in [6, 6.07) is 14.1. The van der Waals surface area contributed by atoms with Crippen molar-refractivity contribution in [2.24, 2.45) is 0 Å². The molecule has 0 aliphatic rings. The van der Waals surface area contributed by atoms with E-state index in [2.05, 4.69) is 31.5 Å². The number of hydrogen-bond donors (Lipinski definition) is 0. The largest absolute Gasteiger partial charge is 0.495 e. The molecule has 0 saturated carbocycles. The van der Waals surface area contributed by atoms with Crippen molar-refractivity contribution in [2.75, 3.05) is 13.0 Å². The average molecular weight is 366 g/mol. The molecule has 5 heteroatoms. The maximum Gasteiger partial charge on any atom is 0.135 e. The van der Waals surface area contributed by atoms with E-state index in [1.807, 2.05) is 36.4 Å². The smallest absolute Gasteiger partial charge is 0.135 e. The van der Waals surface area contributed by atoms with Gasteiger partial charge in [0.2, 0.25) is 0 Å². The molecule has 0 spiro atoms.